The van der Waals surface area contributed by atoms with Gasteiger partial charge >= 0.3 is 11.9 Å². The normalized spacial score (nSPS) is 50.1. The number of carbonyl (C=O) groups is 2. The molecule has 0 aromatic rings. The average molecular weight is 693 g/mol. The quantitative estimate of drug-likeness (QED) is 0.136. The fraction of sp³-hybridized carbons (Fsp3) is 0.895. The third-order valence-corrected chi connectivity index (χ3v) is 15.5. The summed E-state index contributed by atoms with van der Waals surface area (Å²) in [5, 5.41) is 62.6. The lowest BCUT2D eigenvalue weighted by molar-refractivity contribution is -0.330. The van der Waals surface area contributed by atoms with Crippen molar-refractivity contribution in [1.82, 2.24) is 0 Å². The molecule has 5 fully saturated rings. The van der Waals surface area contributed by atoms with Crippen molar-refractivity contribution in [3.63, 3.8) is 0 Å². The first-order chi connectivity index (χ1) is 22.7. The Labute approximate surface area is 290 Å². The molecule has 278 valence electrons. The van der Waals surface area contributed by atoms with Gasteiger partial charge in [0.15, 0.2) is 12.9 Å². The zero-order valence-corrected chi connectivity index (χ0v) is 30.4. The largest absolute Gasteiger partial charge is 0.479 e. The van der Waals surface area contributed by atoms with Crippen LogP contribution in [0.15, 0.2) is 11.6 Å². The van der Waals surface area contributed by atoms with Crippen LogP contribution in [-0.2, 0) is 23.8 Å². The van der Waals surface area contributed by atoms with Crippen LogP contribution >= 0.6 is 0 Å². The van der Waals surface area contributed by atoms with Gasteiger partial charge in [-0.05, 0) is 103 Å². The number of esters is 1. The minimum atomic E-state index is -1.49. The van der Waals surface area contributed by atoms with Gasteiger partial charge in [0.1, 0.15) is 29.8 Å². The monoisotopic (exact) mass is 692 g/mol. The van der Waals surface area contributed by atoms with Crippen LogP contribution in [0.3, 0.4) is 0 Å². The Morgan fingerprint density at radius 2 is 1.57 bits per heavy atom. The van der Waals surface area contributed by atoms with Gasteiger partial charge in [0.05, 0.1) is 18.8 Å². The van der Waals surface area contributed by atoms with Gasteiger partial charge in [-0.15, -0.1) is 0 Å². The van der Waals surface area contributed by atoms with E-state index >= 15 is 0 Å². The fourth-order valence-electron chi connectivity index (χ4n) is 12.5. The van der Waals surface area contributed by atoms with E-state index in [1.807, 2.05) is 0 Å². The van der Waals surface area contributed by atoms with Crippen molar-refractivity contribution in [2.45, 2.75) is 149 Å². The second kappa shape index (κ2) is 12.2. The number of aliphatic hydroxyl groups is 5. The van der Waals surface area contributed by atoms with E-state index in [4.69, 9.17) is 14.2 Å². The Bertz CT molecular complexity index is 1340. The van der Waals surface area contributed by atoms with E-state index in [2.05, 4.69) is 54.5 Å². The summed E-state index contributed by atoms with van der Waals surface area (Å²) in [6.07, 6.45) is 1.12. The summed E-state index contributed by atoms with van der Waals surface area (Å²) >= 11 is 0. The van der Waals surface area contributed by atoms with Gasteiger partial charge in [-0.3, -0.25) is 4.79 Å². The molecule has 0 bridgehead atoms. The predicted molar refractivity (Wildman–Crippen MR) is 178 cm³/mol. The van der Waals surface area contributed by atoms with E-state index < -0.39 is 67.4 Å². The number of hydrogen-bond acceptors (Lipinski definition) is 10. The summed E-state index contributed by atoms with van der Waals surface area (Å²) in [5.41, 5.74) is -0.955. The summed E-state index contributed by atoms with van der Waals surface area (Å²) in [7, 11) is 0. The molecule has 0 aromatic carbocycles. The fourth-order valence-corrected chi connectivity index (χ4v) is 12.5. The van der Waals surface area contributed by atoms with Crippen LogP contribution in [0.4, 0.5) is 0 Å². The summed E-state index contributed by atoms with van der Waals surface area (Å²) in [6, 6.07) is 0. The van der Waals surface area contributed by atoms with Crippen molar-refractivity contribution in [3.05, 3.63) is 11.6 Å². The second-order valence-corrected chi connectivity index (χ2v) is 18.6. The highest BCUT2D eigenvalue weighted by Crippen LogP contribution is 2.76. The molecule has 0 unspecified atom stereocenters. The van der Waals surface area contributed by atoms with Gasteiger partial charge in [-0.2, -0.15) is 0 Å². The van der Waals surface area contributed by atoms with E-state index in [1.54, 1.807) is 0 Å². The second-order valence-electron chi connectivity index (χ2n) is 18.6. The maximum atomic E-state index is 13.8. The SMILES string of the molecule is CC1(C)CC[C@]2(C(=O)OCC(=O)O)[C@H](O)C[C@]3(C)C(=CC[C@@H]4[C@@]5(C)CC[C@H](O[C@@H]6O[C@H](CO)[C@@H](O)[C@H](O)[C@H]6O)C(C)(C)[C@@H]5CC[C@]43C)[C@@H]2C1. The van der Waals surface area contributed by atoms with E-state index in [9.17, 15) is 40.2 Å². The minimum absolute atomic E-state index is 0.0508. The first-order valence-corrected chi connectivity index (χ1v) is 18.4. The van der Waals surface area contributed by atoms with Crippen molar-refractivity contribution in [2.75, 3.05) is 13.2 Å². The molecule has 0 radical (unpaired) electrons. The molecule has 1 saturated heterocycles. The lowest BCUT2D eigenvalue weighted by Crippen LogP contribution is -2.68. The molecule has 6 rings (SSSR count). The van der Waals surface area contributed by atoms with E-state index in [1.165, 1.54) is 5.57 Å². The van der Waals surface area contributed by atoms with Gasteiger partial charge in [0.2, 0.25) is 0 Å². The molecule has 1 heterocycles. The van der Waals surface area contributed by atoms with Crippen LogP contribution in [0.2, 0.25) is 0 Å². The van der Waals surface area contributed by atoms with Crippen molar-refractivity contribution in [1.29, 1.82) is 0 Å². The Kier molecular flexibility index (Phi) is 9.28. The highest BCUT2D eigenvalue weighted by atomic mass is 16.7. The number of carbonyl (C=O) groups excluding carboxylic acids is 1. The van der Waals surface area contributed by atoms with Crippen LogP contribution < -0.4 is 0 Å². The molecule has 11 nitrogen and oxygen atoms in total. The lowest BCUT2D eigenvalue weighted by Gasteiger charge is -2.71. The number of allylic oxidation sites excluding steroid dienone is 2. The maximum absolute atomic E-state index is 13.8. The number of rotatable bonds is 6. The third-order valence-electron chi connectivity index (χ3n) is 15.5. The summed E-state index contributed by atoms with van der Waals surface area (Å²) in [5.74, 6) is -1.49. The predicted octanol–water partition coefficient (Wildman–Crippen LogP) is 3.57. The maximum Gasteiger partial charge on any atom is 0.341 e. The molecule has 11 heteroatoms. The number of aliphatic hydroxyl groups excluding tert-OH is 5. The molecular formula is C38H60O11. The number of carboxylic acid groups (broad SMARTS) is 1. The molecule has 0 aromatic heterocycles. The van der Waals surface area contributed by atoms with Crippen LogP contribution in [0.5, 0.6) is 0 Å². The Morgan fingerprint density at radius 1 is 0.878 bits per heavy atom. The molecular weight excluding hydrogens is 632 g/mol. The van der Waals surface area contributed by atoms with Crippen LogP contribution in [0, 0.1) is 50.2 Å². The first-order valence-electron chi connectivity index (χ1n) is 18.4. The van der Waals surface area contributed by atoms with Gasteiger partial charge in [0.25, 0.3) is 0 Å². The molecule has 14 atom stereocenters. The van der Waals surface area contributed by atoms with Crippen molar-refractivity contribution < 1.29 is 54.4 Å². The third kappa shape index (κ3) is 5.38. The molecule has 6 aliphatic rings. The lowest BCUT2D eigenvalue weighted by atomic mass is 9.33. The molecule has 49 heavy (non-hydrogen) atoms. The zero-order valence-electron chi connectivity index (χ0n) is 30.4. The average Bonchev–Trinajstić information content (AvgIpc) is 3.01. The Balaban J connectivity index is 1.31. The van der Waals surface area contributed by atoms with Crippen molar-refractivity contribution in [2.24, 2.45) is 50.2 Å². The Hall–Kier alpha value is -1.60. The van der Waals surface area contributed by atoms with E-state index in [0.717, 1.165) is 38.5 Å². The van der Waals surface area contributed by atoms with Crippen LogP contribution in [0.25, 0.3) is 0 Å². The summed E-state index contributed by atoms with van der Waals surface area (Å²) in [6.45, 7) is 14.7. The Morgan fingerprint density at radius 3 is 2.22 bits per heavy atom. The summed E-state index contributed by atoms with van der Waals surface area (Å²) in [4.78, 5) is 25.2. The number of ether oxygens (including phenoxy) is 3. The number of carboxylic acids is 1. The van der Waals surface area contributed by atoms with Crippen LogP contribution in [0.1, 0.15) is 106 Å². The standard InChI is InChI=1S/C38H60O11/c1-33(2)14-15-38(32(46)47-19-27(41)42)21(16-33)20-8-9-24-35(5)12-11-26(49-31-30(45)29(44)28(43)22(18-39)48-31)34(3,4)23(35)10-13-36(24,6)37(20,7)17-25(38)40/h8,21-26,28-31,39-40,43-45H,9-19H2,1-7H3,(H,41,42)/t21-,22+,23-,24+,25+,26-,28+,29-,30+,31-,35-,36+,37+,38+/m0/s1. The zero-order chi connectivity index (χ0) is 36.1. The number of fused-ring (bicyclic) bond motifs is 7. The molecule has 4 saturated carbocycles. The first kappa shape index (κ1) is 37.2. The molecule has 0 amide bonds. The molecule has 0 spiro atoms. The van der Waals surface area contributed by atoms with Gasteiger partial charge < -0.3 is 44.8 Å². The molecule has 5 aliphatic carbocycles. The van der Waals surface area contributed by atoms with Crippen molar-refractivity contribution in [3.8, 4) is 0 Å². The van der Waals surface area contributed by atoms with Gasteiger partial charge in [-0.1, -0.05) is 60.1 Å². The smallest absolute Gasteiger partial charge is 0.341 e. The van der Waals surface area contributed by atoms with E-state index in [-0.39, 0.29) is 50.9 Å². The van der Waals surface area contributed by atoms with Crippen LogP contribution in [-0.4, -0.2) is 98.7 Å². The van der Waals surface area contributed by atoms with Gasteiger partial charge in [0, 0.05) is 0 Å². The van der Waals surface area contributed by atoms with Crippen molar-refractivity contribution >= 4 is 11.9 Å². The number of hydrogen-bond donors (Lipinski definition) is 6. The topological polar surface area (TPSA) is 183 Å². The van der Waals surface area contributed by atoms with E-state index in [0.29, 0.717) is 19.3 Å². The van der Waals surface area contributed by atoms with Gasteiger partial charge in [-0.25, -0.2) is 4.79 Å². The molecule has 6 N–H and O–H groups in total. The minimum Gasteiger partial charge on any atom is -0.479 e. The highest BCUT2D eigenvalue weighted by molar-refractivity contribution is 5.82. The molecule has 1 aliphatic heterocycles. The highest BCUT2D eigenvalue weighted by Gasteiger charge is 2.71. The summed E-state index contributed by atoms with van der Waals surface area (Å²) < 4.78 is 17.6. The number of aliphatic carboxylic acids is 1.